The number of hydrogen-bond acceptors (Lipinski definition) is 3. The normalized spacial score (nSPS) is 28.6. The zero-order valence-electron chi connectivity index (χ0n) is 11.5. The quantitative estimate of drug-likeness (QED) is 0.885. The second-order valence-corrected chi connectivity index (χ2v) is 6.47. The number of likely N-dealkylation sites (tertiary alicyclic amines) is 1. The first-order valence-electron chi connectivity index (χ1n) is 6.98. The van der Waals surface area contributed by atoms with E-state index in [0.717, 1.165) is 12.0 Å². The highest BCUT2D eigenvalue weighted by Gasteiger charge is 2.44. The van der Waals surface area contributed by atoms with Crippen molar-refractivity contribution in [2.24, 2.45) is 5.92 Å². The molecule has 1 aromatic heterocycles. The SMILES string of the molecule is C[C@@H]1C[C@@H]1N1C[C@H](NC(=O)NCc2ccsc2)CC1=O. The smallest absolute Gasteiger partial charge is 0.315 e. The van der Waals surface area contributed by atoms with Crippen molar-refractivity contribution < 1.29 is 9.59 Å². The van der Waals surface area contributed by atoms with Gasteiger partial charge in [0.1, 0.15) is 0 Å². The van der Waals surface area contributed by atoms with Crippen molar-refractivity contribution in [2.45, 2.75) is 38.4 Å². The van der Waals surface area contributed by atoms with E-state index in [1.165, 1.54) is 0 Å². The van der Waals surface area contributed by atoms with Gasteiger partial charge in [-0.25, -0.2) is 4.79 Å². The topological polar surface area (TPSA) is 61.4 Å². The monoisotopic (exact) mass is 293 g/mol. The van der Waals surface area contributed by atoms with Gasteiger partial charge in [-0.3, -0.25) is 4.79 Å². The van der Waals surface area contributed by atoms with Crippen LogP contribution in [-0.4, -0.2) is 35.5 Å². The van der Waals surface area contributed by atoms with Crippen LogP contribution < -0.4 is 10.6 Å². The summed E-state index contributed by atoms with van der Waals surface area (Å²) in [5.41, 5.74) is 1.10. The van der Waals surface area contributed by atoms with Gasteiger partial charge in [-0.05, 0) is 34.7 Å². The fraction of sp³-hybridized carbons (Fsp3) is 0.571. The molecule has 0 spiro atoms. The third-order valence-electron chi connectivity index (χ3n) is 3.99. The molecule has 20 heavy (non-hydrogen) atoms. The number of urea groups is 1. The molecular weight excluding hydrogens is 274 g/mol. The van der Waals surface area contributed by atoms with Crippen molar-refractivity contribution in [3.8, 4) is 0 Å². The minimum absolute atomic E-state index is 0.0576. The van der Waals surface area contributed by atoms with E-state index in [1.807, 2.05) is 21.7 Å². The highest BCUT2D eigenvalue weighted by atomic mass is 32.1. The third-order valence-corrected chi connectivity index (χ3v) is 4.73. The molecule has 3 amide bonds. The summed E-state index contributed by atoms with van der Waals surface area (Å²) < 4.78 is 0. The van der Waals surface area contributed by atoms with Crippen LogP contribution in [0.5, 0.6) is 0 Å². The molecule has 2 aliphatic rings. The molecule has 1 saturated carbocycles. The van der Waals surface area contributed by atoms with Crippen molar-refractivity contribution >= 4 is 23.3 Å². The number of nitrogens with one attached hydrogen (secondary N) is 2. The van der Waals surface area contributed by atoms with E-state index < -0.39 is 0 Å². The summed E-state index contributed by atoms with van der Waals surface area (Å²) in [5, 5.41) is 9.71. The molecule has 1 aliphatic carbocycles. The summed E-state index contributed by atoms with van der Waals surface area (Å²) in [6.45, 7) is 3.34. The minimum Gasteiger partial charge on any atom is -0.337 e. The first kappa shape index (κ1) is 13.4. The Morgan fingerprint density at radius 2 is 2.35 bits per heavy atom. The van der Waals surface area contributed by atoms with Gasteiger partial charge in [0.15, 0.2) is 0 Å². The Morgan fingerprint density at radius 1 is 1.55 bits per heavy atom. The molecule has 0 aromatic carbocycles. The maximum absolute atomic E-state index is 11.9. The second-order valence-electron chi connectivity index (χ2n) is 5.69. The summed E-state index contributed by atoms with van der Waals surface area (Å²) in [4.78, 5) is 25.6. The van der Waals surface area contributed by atoms with Gasteiger partial charge in [-0.2, -0.15) is 11.3 Å². The van der Waals surface area contributed by atoms with Gasteiger partial charge in [0.05, 0.1) is 6.04 Å². The van der Waals surface area contributed by atoms with Crippen LogP contribution in [-0.2, 0) is 11.3 Å². The number of carbonyl (C=O) groups is 2. The highest BCUT2D eigenvalue weighted by molar-refractivity contribution is 7.07. The Morgan fingerprint density at radius 3 is 3.00 bits per heavy atom. The van der Waals surface area contributed by atoms with Crippen LogP contribution in [0, 0.1) is 5.92 Å². The predicted molar refractivity (Wildman–Crippen MR) is 77.4 cm³/mol. The van der Waals surface area contributed by atoms with Crippen molar-refractivity contribution in [1.29, 1.82) is 0 Å². The fourth-order valence-electron chi connectivity index (χ4n) is 2.70. The van der Waals surface area contributed by atoms with Crippen LogP contribution in [0.25, 0.3) is 0 Å². The Balaban J connectivity index is 1.44. The lowest BCUT2D eigenvalue weighted by Gasteiger charge is -2.17. The number of amides is 3. The minimum atomic E-state index is -0.195. The van der Waals surface area contributed by atoms with E-state index in [1.54, 1.807) is 11.3 Å². The van der Waals surface area contributed by atoms with Crippen LogP contribution in [0.2, 0.25) is 0 Å². The molecule has 1 saturated heterocycles. The molecule has 5 nitrogen and oxygen atoms in total. The standard InChI is InChI=1S/C14H19N3O2S/c1-9-4-12(9)17-7-11(5-13(17)18)16-14(19)15-6-10-2-3-20-8-10/h2-3,8-9,11-12H,4-7H2,1H3,(H2,15,16,19)/t9-,11-,12+/m1/s1. The average molecular weight is 293 g/mol. The summed E-state index contributed by atoms with van der Waals surface area (Å²) in [7, 11) is 0. The number of rotatable bonds is 4. The van der Waals surface area contributed by atoms with Crippen molar-refractivity contribution in [3.63, 3.8) is 0 Å². The maximum atomic E-state index is 11.9. The van der Waals surface area contributed by atoms with Gasteiger partial charge in [0.2, 0.25) is 5.91 Å². The molecule has 108 valence electrons. The van der Waals surface area contributed by atoms with Crippen LogP contribution in [0.4, 0.5) is 4.79 Å². The summed E-state index contributed by atoms with van der Waals surface area (Å²) in [5.74, 6) is 0.785. The molecule has 3 atom stereocenters. The zero-order chi connectivity index (χ0) is 14.1. The molecular formula is C14H19N3O2S. The Bertz CT molecular complexity index is 503. The van der Waals surface area contributed by atoms with Crippen LogP contribution in [0.1, 0.15) is 25.3 Å². The first-order valence-corrected chi connectivity index (χ1v) is 7.92. The largest absolute Gasteiger partial charge is 0.337 e. The van der Waals surface area contributed by atoms with Crippen molar-refractivity contribution in [2.75, 3.05) is 6.54 Å². The van der Waals surface area contributed by atoms with Gasteiger partial charge < -0.3 is 15.5 Å². The second kappa shape index (κ2) is 5.44. The lowest BCUT2D eigenvalue weighted by Crippen LogP contribution is -2.43. The Labute approximate surface area is 122 Å². The molecule has 6 heteroatoms. The van der Waals surface area contributed by atoms with Gasteiger partial charge in [-0.1, -0.05) is 6.92 Å². The van der Waals surface area contributed by atoms with Crippen molar-refractivity contribution in [1.82, 2.24) is 15.5 Å². The lowest BCUT2D eigenvalue weighted by atomic mass is 10.2. The lowest BCUT2D eigenvalue weighted by molar-refractivity contribution is -0.128. The third kappa shape index (κ3) is 2.95. The zero-order valence-corrected chi connectivity index (χ0v) is 12.3. The molecule has 2 N–H and O–H groups in total. The van der Waals surface area contributed by atoms with Gasteiger partial charge in [0, 0.05) is 25.6 Å². The fourth-order valence-corrected chi connectivity index (χ4v) is 3.37. The molecule has 2 fully saturated rings. The number of nitrogens with zero attached hydrogens (tertiary/aromatic N) is 1. The average Bonchev–Trinajstić information content (AvgIpc) is 2.81. The van der Waals surface area contributed by atoms with E-state index in [0.29, 0.717) is 31.5 Å². The number of carbonyl (C=O) groups excluding carboxylic acids is 2. The Hall–Kier alpha value is -1.56. The van der Waals surface area contributed by atoms with Crippen LogP contribution in [0.15, 0.2) is 16.8 Å². The van der Waals surface area contributed by atoms with E-state index in [4.69, 9.17) is 0 Å². The van der Waals surface area contributed by atoms with Crippen LogP contribution in [0.3, 0.4) is 0 Å². The first-order chi connectivity index (χ1) is 9.63. The van der Waals surface area contributed by atoms with Gasteiger partial charge in [0.25, 0.3) is 0 Å². The molecule has 3 rings (SSSR count). The summed E-state index contributed by atoms with van der Waals surface area (Å²) >= 11 is 1.61. The summed E-state index contributed by atoms with van der Waals surface area (Å²) in [6, 6.07) is 2.14. The molecule has 0 unspecified atom stereocenters. The highest BCUT2D eigenvalue weighted by Crippen LogP contribution is 2.37. The van der Waals surface area contributed by atoms with E-state index >= 15 is 0 Å². The Kier molecular flexibility index (Phi) is 3.65. The van der Waals surface area contributed by atoms with Gasteiger partial charge in [-0.15, -0.1) is 0 Å². The van der Waals surface area contributed by atoms with E-state index in [-0.39, 0.29) is 18.0 Å². The summed E-state index contributed by atoms with van der Waals surface area (Å²) in [6.07, 6.45) is 1.53. The molecule has 0 radical (unpaired) electrons. The molecule has 0 bridgehead atoms. The van der Waals surface area contributed by atoms with Crippen LogP contribution >= 0.6 is 11.3 Å². The van der Waals surface area contributed by atoms with Crippen molar-refractivity contribution in [3.05, 3.63) is 22.4 Å². The molecule has 1 aromatic rings. The van der Waals surface area contributed by atoms with Gasteiger partial charge >= 0.3 is 6.03 Å². The number of hydrogen-bond donors (Lipinski definition) is 2. The maximum Gasteiger partial charge on any atom is 0.315 e. The molecule has 1 aliphatic heterocycles. The van der Waals surface area contributed by atoms with E-state index in [2.05, 4.69) is 17.6 Å². The number of thiophene rings is 1. The molecule has 2 heterocycles. The predicted octanol–water partition coefficient (Wildman–Crippen LogP) is 1.56. The van der Waals surface area contributed by atoms with E-state index in [9.17, 15) is 9.59 Å².